The van der Waals surface area contributed by atoms with Crippen LogP contribution in [-0.2, 0) is 5.88 Å². The molecule has 1 heterocycles. The molecule has 0 saturated heterocycles. The number of alkyl halides is 1. The summed E-state index contributed by atoms with van der Waals surface area (Å²) in [6.07, 6.45) is 0. The molecule has 23 heavy (non-hydrogen) atoms. The van der Waals surface area contributed by atoms with Gasteiger partial charge in [-0.15, -0.1) is 11.6 Å². The van der Waals surface area contributed by atoms with Crippen LogP contribution in [-0.4, -0.2) is 19.2 Å². The van der Waals surface area contributed by atoms with Gasteiger partial charge in [0.2, 0.25) is 0 Å². The molecular formula is C17H15ClN2O3. The fourth-order valence-electron chi connectivity index (χ4n) is 2.53. The summed E-state index contributed by atoms with van der Waals surface area (Å²) < 4.78 is 11.4. The largest absolute Gasteiger partial charge is 0.710 e. The number of hydrogen-bond donors (Lipinski definition) is 0. The summed E-state index contributed by atoms with van der Waals surface area (Å²) in [5.74, 6) is 1.47. The molecule has 0 N–H and O–H groups in total. The first-order valence-electron chi connectivity index (χ1n) is 6.99. The number of rotatable bonds is 4. The molecule has 0 atom stereocenters. The molecule has 0 radical (unpaired) electrons. The van der Waals surface area contributed by atoms with Gasteiger partial charge in [-0.3, -0.25) is 0 Å². The quantitative estimate of drug-likeness (QED) is 0.418. The van der Waals surface area contributed by atoms with Gasteiger partial charge >= 0.3 is 5.82 Å². The van der Waals surface area contributed by atoms with Gasteiger partial charge in [-0.05, 0) is 29.2 Å². The second-order valence-electron chi connectivity index (χ2n) is 4.89. The summed E-state index contributed by atoms with van der Waals surface area (Å²) >= 11 is 5.88. The van der Waals surface area contributed by atoms with Crippen molar-refractivity contribution in [2.75, 3.05) is 14.2 Å². The third kappa shape index (κ3) is 2.64. The topological polar surface area (TPSA) is 58.3 Å². The number of hydrogen-bond acceptors (Lipinski definition) is 4. The molecule has 3 rings (SSSR count). The minimum absolute atomic E-state index is 0.0276. The number of halogens is 1. The number of ether oxygens (including phenoxy) is 2. The second-order valence-corrected chi connectivity index (χ2v) is 5.16. The number of nitrogens with zero attached hydrogens (tertiary/aromatic N) is 2. The standard InChI is InChI=1S/C17H15ClN2O3/c1-22-11-7-8-13(15(9-11)23-2)17-12-5-3-4-6-14(12)19-16(10-18)20(17)21/h3-9H,10H2,1-2H3. The maximum Gasteiger partial charge on any atom is 0.317 e. The highest BCUT2D eigenvalue weighted by molar-refractivity contribution is 6.16. The maximum absolute atomic E-state index is 12.7. The van der Waals surface area contributed by atoms with Crippen molar-refractivity contribution in [2.24, 2.45) is 0 Å². The van der Waals surface area contributed by atoms with Crippen molar-refractivity contribution in [2.45, 2.75) is 5.88 Å². The van der Waals surface area contributed by atoms with Crippen LogP contribution in [0.4, 0.5) is 0 Å². The lowest BCUT2D eigenvalue weighted by Crippen LogP contribution is -2.35. The second kappa shape index (κ2) is 6.30. The normalized spacial score (nSPS) is 10.7. The first-order chi connectivity index (χ1) is 11.2. The van der Waals surface area contributed by atoms with Crippen LogP contribution in [0.25, 0.3) is 22.2 Å². The van der Waals surface area contributed by atoms with E-state index in [9.17, 15) is 5.21 Å². The fourth-order valence-corrected chi connectivity index (χ4v) is 2.70. The molecule has 2 aromatic carbocycles. The zero-order valence-electron chi connectivity index (χ0n) is 12.7. The minimum atomic E-state index is 0.0276. The van der Waals surface area contributed by atoms with Gasteiger partial charge in [0.1, 0.15) is 17.4 Å². The van der Waals surface area contributed by atoms with E-state index in [0.717, 1.165) is 10.1 Å². The Labute approximate surface area is 138 Å². The Morgan fingerprint density at radius 1 is 1.13 bits per heavy atom. The highest BCUT2D eigenvalue weighted by Crippen LogP contribution is 2.35. The van der Waals surface area contributed by atoms with Crippen molar-refractivity contribution < 1.29 is 14.2 Å². The van der Waals surface area contributed by atoms with Gasteiger partial charge in [0.05, 0.1) is 25.2 Å². The lowest BCUT2D eigenvalue weighted by molar-refractivity contribution is -0.603. The van der Waals surface area contributed by atoms with Gasteiger partial charge in [0.25, 0.3) is 0 Å². The first-order valence-corrected chi connectivity index (χ1v) is 7.52. The maximum atomic E-state index is 12.7. The predicted octanol–water partition coefficient (Wildman–Crippen LogP) is 3.29. The predicted molar refractivity (Wildman–Crippen MR) is 88.8 cm³/mol. The molecule has 0 fully saturated rings. The van der Waals surface area contributed by atoms with E-state index in [2.05, 4.69) is 4.98 Å². The summed E-state index contributed by atoms with van der Waals surface area (Å²) in [4.78, 5) is 4.32. The van der Waals surface area contributed by atoms with E-state index >= 15 is 0 Å². The van der Waals surface area contributed by atoms with Gasteiger partial charge < -0.3 is 14.7 Å². The van der Waals surface area contributed by atoms with Crippen molar-refractivity contribution >= 4 is 22.5 Å². The zero-order valence-corrected chi connectivity index (χ0v) is 13.5. The van der Waals surface area contributed by atoms with Crippen LogP contribution in [0.3, 0.4) is 0 Å². The average Bonchev–Trinajstić information content (AvgIpc) is 2.61. The summed E-state index contributed by atoms with van der Waals surface area (Å²) in [6, 6.07) is 12.8. The van der Waals surface area contributed by atoms with Crippen LogP contribution in [0.5, 0.6) is 11.5 Å². The van der Waals surface area contributed by atoms with Crippen molar-refractivity contribution in [1.82, 2.24) is 4.98 Å². The van der Waals surface area contributed by atoms with Crippen LogP contribution in [0, 0.1) is 5.21 Å². The Hall–Kier alpha value is -2.53. The fraction of sp³-hybridized carbons (Fsp3) is 0.176. The SMILES string of the molecule is COc1ccc(-c2c3ccccc3nc(CCl)[n+]2[O-])c(OC)c1. The van der Waals surface area contributed by atoms with E-state index in [1.54, 1.807) is 32.4 Å². The third-order valence-corrected chi connectivity index (χ3v) is 3.87. The number of benzene rings is 2. The van der Waals surface area contributed by atoms with E-state index in [-0.39, 0.29) is 11.7 Å². The summed E-state index contributed by atoms with van der Waals surface area (Å²) in [7, 11) is 3.13. The van der Waals surface area contributed by atoms with Crippen molar-refractivity contribution in [3.8, 4) is 22.8 Å². The number of fused-ring (bicyclic) bond motifs is 1. The van der Waals surface area contributed by atoms with E-state index in [4.69, 9.17) is 21.1 Å². The Kier molecular flexibility index (Phi) is 4.21. The summed E-state index contributed by atoms with van der Waals surface area (Å²) in [6.45, 7) is 0. The highest BCUT2D eigenvalue weighted by Gasteiger charge is 2.21. The lowest BCUT2D eigenvalue weighted by Gasteiger charge is -2.16. The molecule has 3 aromatic rings. The molecule has 0 bridgehead atoms. The zero-order chi connectivity index (χ0) is 16.4. The Morgan fingerprint density at radius 2 is 1.91 bits per heavy atom. The molecule has 0 unspecified atom stereocenters. The number of aromatic nitrogens is 2. The molecule has 0 aliphatic heterocycles. The monoisotopic (exact) mass is 330 g/mol. The van der Waals surface area contributed by atoms with E-state index in [1.165, 1.54) is 0 Å². The average molecular weight is 331 g/mol. The van der Waals surface area contributed by atoms with Crippen molar-refractivity contribution in [1.29, 1.82) is 0 Å². The van der Waals surface area contributed by atoms with Gasteiger partial charge in [-0.25, -0.2) is 4.73 Å². The van der Waals surface area contributed by atoms with E-state index in [0.29, 0.717) is 28.3 Å². The number of para-hydroxylation sites is 1. The van der Waals surface area contributed by atoms with Gasteiger partial charge in [-0.2, -0.15) is 0 Å². The highest BCUT2D eigenvalue weighted by atomic mass is 35.5. The molecule has 0 aliphatic carbocycles. The third-order valence-electron chi connectivity index (χ3n) is 3.63. The molecule has 6 heteroatoms. The van der Waals surface area contributed by atoms with Gasteiger partial charge in [0.15, 0.2) is 11.2 Å². The Morgan fingerprint density at radius 3 is 2.61 bits per heavy atom. The van der Waals surface area contributed by atoms with Gasteiger partial charge in [0, 0.05) is 6.07 Å². The minimum Gasteiger partial charge on any atom is -0.710 e. The van der Waals surface area contributed by atoms with Crippen LogP contribution in [0.1, 0.15) is 5.82 Å². The summed E-state index contributed by atoms with van der Waals surface area (Å²) in [5, 5.41) is 13.5. The van der Waals surface area contributed by atoms with Crippen LogP contribution >= 0.6 is 11.6 Å². The molecule has 0 spiro atoms. The van der Waals surface area contributed by atoms with Crippen LogP contribution in [0.2, 0.25) is 0 Å². The van der Waals surface area contributed by atoms with Gasteiger partial charge in [-0.1, -0.05) is 12.1 Å². The van der Waals surface area contributed by atoms with Crippen molar-refractivity contribution in [3.05, 3.63) is 53.5 Å². The summed E-state index contributed by atoms with van der Waals surface area (Å²) in [5.41, 5.74) is 1.84. The lowest BCUT2D eigenvalue weighted by atomic mass is 10.0. The molecule has 5 nitrogen and oxygen atoms in total. The molecule has 0 saturated carbocycles. The Bertz CT molecular complexity index is 868. The van der Waals surface area contributed by atoms with Crippen molar-refractivity contribution in [3.63, 3.8) is 0 Å². The molecular weight excluding hydrogens is 316 g/mol. The first kappa shape index (κ1) is 15.4. The van der Waals surface area contributed by atoms with Crippen LogP contribution in [0.15, 0.2) is 42.5 Å². The number of methoxy groups -OCH3 is 2. The molecule has 0 amide bonds. The van der Waals surface area contributed by atoms with E-state index in [1.807, 2.05) is 24.3 Å². The molecule has 1 aromatic heterocycles. The van der Waals surface area contributed by atoms with Crippen LogP contribution < -0.4 is 14.2 Å². The smallest absolute Gasteiger partial charge is 0.317 e. The molecule has 0 aliphatic rings. The van der Waals surface area contributed by atoms with E-state index < -0.39 is 0 Å². The Balaban J connectivity index is 2.37. The molecule has 118 valence electrons.